The number of nitrogens with two attached hydrogens (primary N) is 1. The lowest BCUT2D eigenvalue weighted by Crippen LogP contribution is -2.49. The van der Waals surface area contributed by atoms with Gasteiger partial charge in [0.25, 0.3) is 5.91 Å². The van der Waals surface area contributed by atoms with Crippen LogP contribution >= 0.6 is 12.4 Å². The van der Waals surface area contributed by atoms with Crippen molar-refractivity contribution in [3.8, 4) is 0 Å². The maximum Gasteiger partial charge on any atom is 0.265 e. The number of carbonyl (C=O) groups excluding carboxylic acids is 1. The fourth-order valence-electron chi connectivity index (χ4n) is 3.32. The van der Waals surface area contributed by atoms with Crippen LogP contribution in [-0.4, -0.2) is 38.0 Å². The van der Waals surface area contributed by atoms with Crippen molar-refractivity contribution in [1.29, 1.82) is 0 Å². The molecule has 154 valence electrons. The second kappa shape index (κ2) is 8.56. The third kappa shape index (κ3) is 4.52. The highest BCUT2D eigenvalue weighted by molar-refractivity contribution is 7.89. The zero-order chi connectivity index (χ0) is 19.8. The molecule has 28 heavy (non-hydrogen) atoms. The van der Waals surface area contributed by atoms with E-state index in [0.717, 1.165) is 12.1 Å². The van der Waals surface area contributed by atoms with Gasteiger partial charge in [-0.2, -0.15) is 0 Å². The van der Waals surface area contributed by atoms with Crippen molar-refractivity contribution in [3.05, 3.63) is 53.4 Å². The Morgan fingerprint density at radius 2 is 2.00 bits per heavy atom. The van der Waals surface area contributed by atoms with E-state index in [-0.39, 0.29) is 28.9 Å². The number of halogens is 3. The van der Waals surface area contributed by atoms with Crippen LogP contribution < -0.4 is 15.8 Å². The van der Waals surface area contributed by atoms with Gasteiger partial charge in [0.15, 0.2) is 11.6 Å². The molecular weight excluding hydrogens is 414 g/mol. The van der Waals surface area contributed by atoms with E-state index in [1.54, 1.807) is 0 Å². The van der Waals surface area contributed by atoms with E-state index in [0.29, 0.717) is 25.1 Å². The first-order valence-electron chi connectivity index (χ1n) is 8.33. The number of aromatic nitrogens is 1. The molecule has 2 unspecified atom stereocenters. The maximum absolute atomic E-state index is 13.6. The van der Waals surface area contributed by atoms with Crippen LogP contribution in [0.2, 0.25) is 0 Å². The van der Waals surface area contributed by atoms with Crippen molar-refractivity contribution < 1.29 is 22.0 Å². The number of nitrogens with one attached hydrogen (secondary N) is 2. The molecule has 1 aromatic heterocycles. The second-order valence-corrected chi connectivity index (χ2v) is 8.25. The molecule has 1 amide bonds. The molecule has 3 rings (SSSR count). The summed E-state index contributed by atoms with van der Waals surface area (Å²) < 4.78 is 56.3. The lowest BCUT2D eigenvalue weighted by Gasteiger charge is -2.33. The van der Waals surface area contributed by atoms with E-state index in [2.05, 4.69) is 10.0 Å². The zero-order valence-corrected chi connectivity index (χ0v) is 16.6. The summed E-state index contributed by atoms with van der Waals surface area (Å²) in [6.45, 7) is 0.956. The Balaban J connectivity index is 0.00000280. The molecule has 1 aromatic carbocycles. The van der Waals surface area contributed by atoms with E-state index in [9.17, 15) is 22.0 Å². The van der Waals surface area contributed by atoms with Crippen molar-refractivity contribution in [2.45, 2.75) is 23.3 Å². The van der Waals surface area contributed by atoms with Crippen LogP contribution in [-0.2, 0) is 17.1 Å². The van der Waals surface area contributed by atoms with Gasteiger partial charge in [-0.25, -0.2) is 21.9 Å². The molecule has 1 aliphatic rings. The summed E-state index contributed by atoms with van der Waals surface area (Å²) in [4.78, 5) is 11.3. The van der Waals surface area contributed by atoms with Gasteiger partial charge >= 0.3 is 0 Å². The van der Waals surface area contributed by atoms with Crippen molar-refractivity contribution in [2.24, 2.45) is 12.8 Å². The molecule has 7 nitrogen and oxygen atoms in total. The predicted molar refractivity (Wildman–Crippen MR) is 102 cm³/mol. The molecular formula is C17H21ClF2N4O3S. The molecule has 2 atom stereocenters. The topological polar surface area (TPSA) is 106 Å². The number of hydrogen-bond acceptors (Lipinski definition) is 4. The first-order valence-corrected chi connectivity index (χ1v) is 9.81. The van der Waals surface area contributed by atoms with Gasteiger partial charge in [0.2, 0.25) is 10.0 Å². The quantitative estimate of drug-likeness (QED) is 0.658. The molecule has 0 saturated carbocycles. The minimum absolute atomic E-state index is 0. The van der Waals surface area contributed by atoms with Gasteiger partial charge in [-0.1, -0.05) is 6.07 Å². The van der Waals surface area contributed by atoms with E-state index in [1.165, 1.54) is 29.9 Å². The Morgan fingerprint density at radius 3 is 2.61 bits per heavy atom. The number of hydrogen-bond donors (Lipinski definition) is 3. The Hall–Kier alpha value is -2.01. The van der Waals surface area contributed by atoms with Crippen molar-refractivity contribution >= 4 is 28.3 Å². The highest BCUT2D eigenvalue weighted by atomic mass is 35.5. The number of primary amides is 1. The zero-order valence-electron chi connectivity index (χ0n) is 15.0. The summed E-state index contributed by atoms with van der Waals surface area (Å²) >= 11 is 0. The number of carbonyl (C=O) groups is 1. The van der Waals surface area contributed by atoms with Crippen LogP contribution in [0.3, 0.4) is 0 Å². The summed E-state index contributed by atoms with van der Waals surface area (Å²) in [7, 11) is -2.42. The first kappa shape index (κ1) is 22.3. The lowest BCUT2D eigenvalue weighted by molar-refractivity contribution is 0.0992. The standard InChI is InChI=1S/C17H20F2N4O3S.ClH/c1-23-9-11(7-16(23)17(20)24)27(25,26)22-15-8-21-5-4-12(15)10-2-3-13(18)14(19)6-10;/h2-3,6-7,9,12,15,21-22H,4-5,8H2,1H3,(H2,20,24);1H. The van der Waals surface area contributed by atoms with Gasteiger partial charge in [-0.05, 0) is 36.7 Å². The average molecular weight is 435 g/mol. The molecule has 4 N–H and O–H groups in total. The second-order valence-electron chi connectivity index (χ2n) is 6.54. The van der Waals surface area contributed by atoms with Crippen LogP contribution in [0.4, 0.5) is 8.78 Å². The number of nitrogens with zero attached hydrogens (tertiary/aromatic N) is 1. The Labute approximate surface area is 167 Å². The van der Waals surface area contributed by atoms with Crippen LogP contribution in [0.5, 0.6) is 0 Å². The molecule has 0 aliphatic carbocycles. The molecule has 2 aromatic rings. The number of benzene rings is 1. The van der Waals surface area contributed by atoms with Gasteiger partial charge in [0, 0.05) is 31.7 Å². The molecule has 1 fully saturated rings. The Bertz CT molecular complexity index is 981. The molecule has 1 saturated heterocycles. The van der Waals surface area contributed by atoms with Crippen LogP contribution in [0, 0.1) is 11.6 Å². The predicted octanol–water partition coefficient (Wildman–Crippen LogP) is 1.25. The molecule has 0 spiro atoms. The average Bonchev–Trinajstić information content (AvgIpc) is 3.01. The smallest absolute Gasteiger partial charge is 0.265 e. The minimum Gasteiger partial charge on any atom is -0.364 e. The van der Waals surface area contributed by atoms with Gasteiger partial charge < -0.3 is 15.6 Å². The lowest BCUT2D eigenvalue weighted by atomic mass is 9.86. The van der Waals surface area contributed by atoms with Crippen molar-refractivity contribution in [2.75, 3.05) is 13.1 Å². The highest BCUT2D eigenvalue weighted by Gasteiger charge is 2.31. The van der Waals surface area contributed by atoms with Crippen molar-refractivity contribution in [3.63, 3.8) is 0 Å². The molecule has 0 bridgehead atoms. The van der Waals surface area contributed by atoms with Gasteiger partial charge in [0.05, 0.1) is 0 Å². The van der Waals surface area contributed by atoms with E-state index < -0.39 is 33.6 Å². The van der Waals surface area contributed by atoms with Gasteiger partial charge in [-0.3, -0.25) is 4.79 Å². The van der Waals surface area contributed by atoms with Gasteiger partial charge in [-0.15, -0.1) is 12.4 Å². The fourth-order valence-corrected chi connectivity index (χ4v) is 4.66. The molecule has 2 heterocycles. The molecule has 1 aliphatic heterocycles. The number of piperidine rings is 1. The summed E-state index contributed by atoms with van der Waals surface area (Å²) in [6, 6.07) is 4.23. The number of sulfonamides is 1. The highest BCUT2D eigenvalue weighted by Crippen LogP contribution is 2.28. The maximum atomic E-state index is 13.6. The summed E-state index contributed by atoms with van der Waals surface area (Å²) in [5.41, 5.74) is 5.82. The largest absolute Gasteiger partial charge is 0.364 e. The monoisotopic (exact) mass is 434 g/mol. The Morgan fingerprint density at radius 1 is 1.29 bits per heavy atom. The SMILES string of the molecule is Cl.Cn1cc(S(=O)(=O)NC2CNCCC2c2ccc(F)c(F)c2)cc1C(N)=O. The molecule has 11 heteroatoms. The van der Waals surface area contributed by atoms with Gasteiger partial charge in [0.1, 0.15) is 10.6 Å². The Kier molecular flexibility index (Phi) is 6.81. The fraction of sp³-hybridized carbons (Fsp3) is 0.353. The molecule has 0 radical (unpaired) electrons. The van der Waals surface area contributed by atoms with E-state index in [1.807, 2.05) is 0 Å². The summed E-state index contributed by atoms with van der Waals surface area (Å²) in [5, 5.41) is 3.10. The third-order valence-electron chi connectivity index (χ3n) is 4.70. The summed E-state index contributed by atoms with van der Waals surface area (Å²) in [6.07, 6.45) is 1.85. The van der Waals surface area contributed by atoms with E-state index >= 15 is 0 Å². The van der Waals surface area contributed by atoms with Crippen molar-refractivity contribution in [1.82, 2.24) is 14.6 Å². The van der Waals surface area contributed by atoms with Crippen LogP contribution in [0.15, 0.2) is 35.4 Å². The third-order valence-corrected chi connectivity index (χ3v) is 6.16. The van der Waals surface area contributed by atoms with Crippen LogP contribution in [0.1, 0.15) is 28.4 Å². The minimum atomic E-state index is -3.94. The number of aryl methyl sites for hydroxylation is 1. The van der Waals surface area contributed by atoms with E-state index in [4.69, 9.17) is 5.73 Å². The normalized spacial score (nSPS) is 19.8. The summed E-state index contributed by atoms with van der Waals surface area (Å²) in [5.74, 6) is -2.98. The van der Waals surface area contributed by atoms with Crippen LogP contribution in [0.25, 0.3) is 0 Å². The number of rotatable bonds is 5. The number of amides is 1. The first-order chi connectivity index (χ1) is 12.7.